The molecule has 112 valence electrons. The topological polar surface area (TPSA) is 15.3 Å². The fourth-order valence-electron chi connectivity index (χ4n) is 3.03. The molecule has 1 unspecified atom stereocenters. The van der Waals surface area contributed by atoms with Crippen LogP contribution in [0.25, 0.3) is 0 Å². The van der Waals surface area contributed by atoms with E-state index >= 15 is 0 Å². The summed E-state index contributed by atoms with van der Waals surface area (Å²) in [6.07, 6.45) is 5.19. The van der Waals surface area contributed by atoms with E-state index < -0.39 is 0 Å². The minimum Gasteiger partial charge on any atom is -0.310 e. The van der Waals surface area contributed by atoms with Gasteiger partial charge in [-0.2, -0.15) is 0 Å². The summed E-state index contributed by atoms with van der Waals surface area (Å²) >= 11 is 3.56. The van der Waals surface area contributed by atoms with E-state index in [1.54, 1.807) is 0 Å². The van der Waals surface area contributed by atoms with Gasteiger partial charge in [0.2, 0.25) is 0 Å². The Morgan fingerprint density at radius 1 is 1.35 bits per heavy atom. The molecule has 0 saturated carbocycles. The molecule has 0 aliphatic carbocycles. The van der Waals surface area contributed by atoms with Gasteiger partial charge in [0.15, 0.2) is 0 Å². The molecule has 0 aromatic heterocycles. The van der Waals surface area contributed by atoms with Gasteiger partial charge in [-0.15, -0.1) is 0 Å². The van der Waals surface area contributed by atoms with E-state index in [9.17, 15) is 0 Å². The fraction of sp³-hybridized carbons (Fsp3) is 0.647. The molecule has 0 amide bonds. The first-order valence-corrected chi connectivity index (χ1v) is 8.65. The predicted octanol–water partition coefficient (Wildman–Crippen LogP) is 4.22. The van der Waals surface area contributed by atoms with Crippen LogP contribution in [0.2, 0.25) is 0 Å². The molecule has 1 aromatic carbocycles. The highest BCUT2D eigenvalue weighted by atomic mass is 79.9. The number of benzene rings is 1. The molecule has 1 aromatic rings. The van der Waals surface area contributed by atoms with Crippen LogP contribution in [0.1, 0.15) is 44.2 Å². The fourth-order valence-corrected chi connectivity index (χ4v) is 3.45. The van der Waals surface area contributed by atoms with E-state index in [1.807, 2.05) is 0 Å². The Morgan fingerprint density at radius 3 is 2.75 bits per heavy atom. The molecule has 1 saturated heterocycles. The van der Waals surface area contributed by atoms with Gasteiger partial charge in [0.05, 0.1) is 0 Å². The lowest BCUT2D eigenvalue weighted by molar-refractivity contribution is 0.210. The van der Waals surface area contributed by atoms with E-state index in [-0.39, 0.29) is 0 Å². The van der Waals surface area contributed by atoms with Crippen molar-refractivity contribution >= 4 is 15.9 Å². The SMILES string of the molecule is CCC(NCCC1CCN(C)CC1)c1cccc(Br)c1. The van der Waals surface area contributed by atoms with Gasteiger partial charge in [-0.05, 0) is 76.0 Å². The molecular formula is C17H27BrN2. The second-order valence-corrected chi connectivity index (χ2v) is 6.92. The average molecular weight is 339 g/mol. The van der Waals surface area contributed by atoms with E-state index in [0.717, 1.165) is 18.9 Å². The Kier molecular flexibility index (Phi) is 6.53. The quantitative estimate of drug-likeness (QED) is 0.835. The number of nitrogens with zero attached hydrogens (tertiary/aromatic N) is 1. The van der Waals surface area contributed by atoms with Crippen LogP contribution in [0.5, 0.6) is 0 Å². The number of halogens is 1. The smallest absolute Gasteiger partial charge is 0.0318 e. The van der Waals surface area contributed by atoms with Crippen LogP contribution in [-0.2, 0) is 0 Å². The van der Waals surface area contributed by atoms with Gasteiger partial charge >= 0.3 is 0 Å². The Morgan fingerprint density at radius 2 is 2.10 bits per heavy atom. The van der Waals surface area contributed by atoms with Gasteiger partial charge in [0, 0.05) is 10.5 Å². The molecular weight excluding hydrogens is 312 g/mol. The summed E-state index contributed by atoms with van der Waals surface area (Å²) < 4.78 is 1.17. The van der Waals surface area contributed by atoms with Crippen LogP contribution in [0.4, 0.5) is 0 Å². The summed E-state index contributed by atoms with van der Waals surface area (Å²) in [6, 6.07) is 9.16. The lowest BCUT2D eigenvalue weighted by Crippen LogP contribution is -2.32. The third kappa shape index (κ3) is 4.87. The molecule has 1 aliphatic heterocycles. The molecule has 1 heterocycles. The van der Waals surface area contributed by atoms with E-state index in [2.05, 4.69) is 64.4 Å². The van der Waals surface area contributed by atoms with Crippen molar-refractivity contribution in [3.05, 3.63) is 34.3 Å². The zero-order chi connectivity index (χ0) is 14.4. The van der Waals surface area contributed by atoms with Crippen molar-refractivity contribution in [1.82, 2.24) is 10.2 Å². The van der Waals surface area contributed by atoms with Crippen molar-refractivity contribution in [2.75, 3.05) is 26.7 Å². The summed E-state index contributed by atoms with van der Waals surface area (Å²) in [6.45, 7) is 5.94. The van der Waals surface area contributed by atoms with Crippen LogP contribution < -0.4 is 5.32 Å². The molecule has 0 bridgehead atoms. The van der Waals surface area contributed by atoms with Crippen LogP contribution in [-0.4, -0.2) is 31.6 Å². The highest BCUT2D eigenvalue weighted by Gasteiger charge is 2.17. The van der Waals surface area contributed by atoms with Crippen molar-refractivity contribution in [3.63, 3.8) is 0 Å². The molecule has 1 atom stereocenters. The number of hydrogen-bond acceptors (Lipinski definition) is 2. The maximum atomic E-state index is 3.74. The van der Waals surface area contributed by atoms with Crippen LogP contribution in [0, 0.1) is 5.92 Å². The van der Waals surface area contributed by atoms with Gasteiger partial charge < -0.3 is 10.2 Å². The summed E-state index contributed by atoms with van der Waals surface area (Å²) in [5.41, 5.74) is 1.39. The minimum absolute atomic E-state index is 0.485. The van der Waals surface area contributed by atoms with Gasteiger partial charge in [-0.3, -0.25) is 0 Å². The lowest BCUT2D eigenvalue weighted by Gasteiger charge is -2.29. The predicted molar refractivity (Wildman–Crippen MR) is 90.0 cm³/mol. The van der Waals surface area contributed by atoms with Gasteiger partial charge in [-0.1, -0.05) is 35.0 Å². The number of hydrogen-bond donors (Lipinski definition) is 1. The van der Waals surface area contributed by atoms with E-state index in [0.29, 0.717) is 6.04 Å². The molecule has 2 rings (SSSR count). The summed E-state index contributed by atoms with van der Waals surface area (Å²) in [5.74, 6) is 0.915. The Labute approximate surface area is 132 Å². The molecule has 0 spiro atoms. The lowest BCUT2D eigenvalue weighted by atomic mass is 9.93. The molecule has 1 N–H and O–H groups in total. The van der Waals surface area contributed by atoms with Crippen molar-refractivity contribution in [2.24, 2.45) is 5.92 Å². The molecule has 2 nitrogen and oxygen atoms in total. The van der Waals surface area contributed by atoms with Crippen LogP contribution in [0.3, 0.4) is 0 Å². The van der Waals surface area contributed by atoms with E-state index in [4.69, 9.17) is 0 Å². The molecule has 1 aliphatic rings. The second-order valence-electron chi connectivity index (χ2n) is 6.01. The van der Waals surface area contributed by atoms with Crippen LogP contribution >= 0.6 is 15.9 Å². The zero-order valence-corrected chi connectivity index (χ0v) is 14.3. The summed E-state index contributed by atoms with van der Waals surface area (Å²) in [7, 11) is 2.23. The maximum Gasteiger partial charge on any atom is 0.0318 e. The van der Waals surface area contributed by atoms with Crippen molar-refractivity contribution < 1.29 is 0 Å². The summed E-state index contributed by atoms with van der Waals surface area (Å²) in [4.78, 5) is 2.44. The first kappa shape index (κ1) is 16.0. The van der Waals surface area contributed by atoms with E-state index in [1.165, 1.54) is 42.4 Å². The van der Waals surface area contributed by atoms with Crippen LogP contribution in [0.15, 0.2) is 28.7 Å². The molecule has 1 fully saturated rings. The Hall–Kier alpha value is -0.380. The standard InChI is InChI=1S/C17H27BrN2/c1-3-17(15-5-4-6-16(18)13-15)19-10-7-14-8-11-20(2)12-9-14/h4-6,13-14,17,19H,3,7-12H2,1-2H3. The summed E-state index contributed by atoms with van der Waals surface area (Å²) in [5, 5.41) is 3.74. The van der Waals surface area contributed by atoms with Gasteiger partial charge in [0.25, 0.3) is 0 Å². The van der Waals surface area contributed by atoms with Crippen molar-refractivity contribution in [2.45, 2.75) is 38.6 Å². The van der Waals surface area contributed by atoms with Crippen molar-refractivity contribution in [1.29, 1.82) is 0 Å². The number of nitrogens with one attached hydrogen (secondary N) is 1. The average Bonchev–Trinajstić information content (AvgIpc) is 2.45. The first-order chi connectivity index (χ1) is 9.69. The molecule has 20 heavy (non-hydrogen) atoms. The highest BCUT2D eigenvalue weighted by Crippen LogP contribution is 2.22. The van der Waals surface area contributed by atoms with Crippen molar-refractivity contribution in [3.8, 4) is 0 Å². The van der Waals surface area contributed by atoms with Gasteiger partial charge in [-0.25, -0.2) is 0 Å². The zero-order valence-electron chi connectivity index (χ0n) is 12.7. The third-order valence-corrected chi connectivity index (χ3v) is 4.93. The highest BCUT2D eigenvalue weighted by molar-refractivity contribution is 9.10. The monoisotopic (exact) mass is 338 g/mol. The Balaban J connectivity index is 1.76. The maximum absolute atomic E-state index is 3.74. The number of rotatable bonds is 6. The molecule has 3 heteroatoms. The normalized spacial score (nSPS) is 19.1. The Bertz CT molecular complexity index is 400. The van der Waals surface area contributed by atoms with Gasteiger partial charge in [0.1, 0.15) is 0 Å². The largest absolute Gasteiger partial charge is 0.310 e. The molecule has 0 radical (unpaired) electrons. The number of piperidine rings is 1. The second kappa shape index (κ2) is 8.16. The third-order valence-electron chi connectivity index (χ3n) is 4.44. The number of likely N-dealkylation sites (tertiary alicyclic amines) is 1. The first-order valence-electron chi connectivity index (χ1n) is 7.86. The minimum atomic E-state index is 0.485.